The lowest BCUT2D eigenvalue weighted by atomic mass is 9.94. The van der Waals surface area contributed by atoms with Crippen LogP contribution in [0.25, 0.3) is 10.9 Å². The maximum absolute atomic E-state index is 12.7. The van der Waals surface area contributed by atoms with Crippen molar-refractivity contribution in [3.63, 3.8) is 0 Å². The van der Waals surface area contributed by atoms with Crippen LogP contribution in [0.3, 0.4) is 0 Å². The Hall–Kier alpha value is -3.87. The highest BCUT2D eigenvalue weighted by Gasteiger charge is 2.20. The zero-order valence-corrected chi connectivity index (χ0v) is 18.8. The zero-order valence-electron chi connectivity index (χ0n) is 18.8. The van der Waals surface area contributed by atoms with Crippen molar-refractivity contribution in [3.05, 3.63) is 82.3 Å². The summed E-state index contributed by atoms with van der Waals surface area (Å²) in [5.41, 5.74) is 3.57. The van der Waals surface area contributed by atoms with Gasteiger partial charge in [-0.15, -0.1) is 0 Å². The summed E-state index contributed by atoms with van der Waals surface area (Å²) < 4.78 is 7.18. The first-order chi connectivity index (χ1) is 15.1. The number of fused-ring (bicyclic) bond motifs is 1. The topological polar surface area (TPSA) is 89.2 Å². The van der Waals surface area contributed by atoms with E-state index in [0.717, 1.165) is 22.7 Å². The van der Waals surface area contributed by atoms with Gasteiger partial charge in [0, 0.05) is 29.5 Å². The fraction of sp³-hybridized carbons (Fsp3) is 0.240. The van der Waals surface area contributed by atoms with Crippen molar-refractivity contribution >= 4 is 33.9 Å². The summed E-state index contributed by atoms with van der Waals surface area (Å²) in [5.74, 6) is 0.712. The summed E-state index contributed by atoms with van der Waals surface area (Å²) in [4.78, 5) is 29.3. The minimum absolute atomic E-state index is 0.107. The number of nitrogens with one attached hydrogen (secondary N) is 2. The molecule has 0 radical (unpaired) electrons. The molecule has 0 bridgehead atoms. The van der Waals surface area contributed by atoms with E-state index in [-0.39, 0.29) is 22.6 Å². The molecule has 2 heterocycles. The SMILES string of the molecule is Cc1ccc(NC(=O)c2ccc(C(C)(C)C)o2)cc1Nc1ccc2ncn(C)c(=O)c2c1. The van der Waals surface area contributed by atoms with Crippen LogP contribution in [-0.4, -0.2) is 15.5 Å². The minimum atomic E-state index is -0.310. The Morgan fingerprint density at radius 1 is 1.03 bits per heavy atom. The summed E-state index contributed by atoms with van der Waals surface area (Å²) in [6.45, 7) is 8.07. The molecule has 0 saturated carbocycles. The Bertz CT molecular complexity index is 1380. The monoisotopic (exact) mass is 430 g/mol. The molecule has 32 heavy (non-hydrogen) atoms. The van der Waals surface area contributed by atoms with Crippen LogP contribution in [0.15, 0.2) is 64.1 Å². The normalized spacial score (nSPS) is 11.5. The Kier molecular flexibility index (Phi) is 5.34. The van der Waals surface area contributed by atoms with Crippen molar-refractivity contribution in [2.45, 2.75) is 33.1 Å². The van der Waals surface area contributed by atoms with Gasteiger partial charge in [-0.2, -0.15) is 0 Å². The molecule has 0 fully saturated rings. The predicted molar refractivity (Wildman–Crippen MR) is 127 cm³/mol. The number of hydrogen-bond acceptors (Lipinski definition) is 5. The quantitative estimate of drug-likeness (QED) is 0.469. The maximum atomic E-state index is 12.7. The molecule has 4 rings (SSSR count). The molecule has 2 aromatic carbocycles. The van der Waals surface area contributed by atoms with Gasteiger partial charge >= 0.3 is 0 Å². The van der Waals surface area contributed by atoms with Crippen LogP contribution in [0.5, 0.6) is 0 Å². The average Bonchev–Trinajstić information content (AvgIpc) is 3.25. The van der Waals surface area contributed by atoms with Crippen molar-refractivity contribution in [3.8, 4) is 0 Å². The smallest absolute Gasteiger partial charge is 0.291 e. The lowest BCUT2D eigenvalue weighted by molar-refractivity contribution is 0.0993. The van der Waals surface area contributed by atoms with E-state index in [1.54, 1.807) is 19.2 Å². The molecule has 0 spiro atoms. The maximum Gasteiger partial charge on any atom is 0.291 e. The Balaban J connectivity index is 1.57. The van der Waals surface area contributed by atoms with E-state index in [0.29, 0.717) is 16.6 Å². The summed E-state index contributed by atoms with van der Waals surface area (Å²) in [6, 6.07) is 14.6. The van der Waals surface area contributed by atoms with Crippen LogP contribution in [0.4, 0.5) is 17.1 Å². The highest BCUT2D eigenvalue weighted by atomic mass is 16.4. The van der Waals surface area contributed by atoms with E-state index < -0.39 is 0 Å². The van der Waals surface area contributed by atoms with Gasteiger partial charge < -0.3 is 19.6 Å². The number of benzene rings is 2. The minimum Gasteiger partial charge on any atom is -0.455 e. The number of amides is 1. The molecule has 0 saturated heterocycles. The van der Waals surface area contributed by atoms with Crippen LogP contribution >= 0.6 is 0 Å². The molecule has 7 nitrogen and oxygen atoms in total. The number of anilines is 3. The van der Waals surface area contributed by atoms with Gasteiger partial charge in [0.1, 0.15) is 5.76 Å². The zero-order chi connectivity index (χ0) is 23.0. The molecule has 0 unspecified atom stereocenters. The number of aromatic nitrogens is 2. The van der Waals surface area contributed by atoms with Crippen molar-refractivity contribution < 1.29 is 9.21 Å². The molecular formula is C25H26N4O3. The number of carbonyl (C=O) groups excluding carboxylic acids is 1. The number of nitrogens with zero attached hydrogens (tertiary/aromatic N) is 2. The van der Waals surface area contributed by atoms with E-state index in [2.05, 4.69) is 15.6 Å². The molecule has 0 aliphatic carbocycles. The van der Waals surface area contributed by atoms with Gasteiger partial charge in [-0.1, -0.05) is 26.8 Å². The lowest BCUT2D eigenvalue weighted by Crippen LogP contribution is -2.16. The van der Waals surface area contributed by atoms with Crippen LogP contribution in [0.2, 0.25) is 0 Å². The van der Waals surface area contributed by atoms with Crippen molar-refractivity contribution in [2.75, 3.05) is 10.6 Å². The molecule has 2 N–H and O–H groups in total. The summed E-state index contributed by atoms with van der Waals surface area (Å²) in [5, 5.41) is 6.76. The second-order valence-corrected chi connectivity index (χ2v) is 8.92. The van der Waals surface area contributed by atoms with Crippen molar-refractivity contribution in [1.82, 2.24) is 9.55 Å². The molecular weight excluding hydrogens is 404 g/mol. The Labute approximate surface area is 186 Å². The molecule has 1 amide bonds. The highest BCUT2D eigenvalue weighted by Crippen LogP contribution is 2.27. The van der Waals surface area contributed by atoms with Gasteiger partial charge in [-0.05, 0) is 55.0 Å². The number of rotatable bonds is 4. The first kappa shape index (κ1) is 21.4. The highest BCUT2D eigenvalue weighted by molar-refractivity contribution is 6.02. The van der Waals surface area contributed by atoms with E-state index in [1.807, 2.05) is 64.1 Å². The van der Waals surface area contributed by atoms with Gasteiger partial charge in [0.15, 0.2) is 5.76 Å². The number of hydrogen-bond donors (Lipinski definition) is 2. The van der Waals surface area contributed by atoms with Crippen molar-refractivity contribution in [2.24, 2.45) is 7.05 Å². The average molecular weight is 431 g/mol. The Morgan fingerprint density at radius 3 is 2.50 bits per heavy atom. The van der Waals surface area contributed by atoms with Gasteiger partial charge in [-0.25, -0.2) is 4.98 Å². The fourth-order valence-electron chi connectivity index (χ4n) is 3.33. The molecule has 4 aromatic rings. The van der Waals surface area contributed by atoms with Crippen molar-refractivity contribution in [1.29, 1.82) is 0 Å². The summed E-state index contributed by atoms with van der Waals surface area (Å²) >= 11 is 0. The van der Waals surface area contributed by atoms with Gasteiger partial charge in [-0.3, -0.25) is 9.59 Å². The predicted octanol–water partition coefficient (Wildman–Crippen LogP) is 5.13. The largest absolute Gasteiger partial charge is 0.455 e. The number of aryl methyl sites for hydroxylation is 2. The van der Waals surface area contributed by atoms with Gasteiger partial charge in [0.25, 0.3) is 11.5 Å². The fourth-order valence-corrected chi connectivity index (χ4v) is 3.33. The van der Waals surface area contributed by atoms with Crippen LogP contribution in [-0.2, 0) is 12.5 Å². The molecule has 164 valence electrons. The van der Waals surface area contributed by atoms with E-state index in [9.17, 15) is 9.59 Å². The first-order valence-corrected chi connectivity index (χ1v) is 10.4. The summed E-state index contributed by atoms with van der Waals surface area (Å²) in [7, 11) is 1.68. The molecule has 2 aromatic heterocycles. The van der Waals surface area contributed by atoms with Gasteiger partial charge in [0.05, 0.1) is 17.2 Å². The molecule has 0 aliphatic rings. The second-order valence-electron chi connectivity index (χ2n) is 8.92. The standard InChI is InChI=1S/C25H26N4O3/c1-15-6-7-17(28-23(30)21-10-11-22(32-21)25(2,3)4)13-20(15)27-16-8-9-19-18(12-16)24(31)29(5)14-26-19/h6-14,27H,1-5H3,(H,28,30). The van der Waals surface area contributed by atoms with Gasteiger partial charge in [0.2, 0.25) is 0 Å². The van der Waals surface area contributed by atoms with Crippen LogP contribution in [0, 0.1) is 6.92 Å². The molecule has 0 aliphatic heterocycles. The van der Waals surface area contributed by atoms with E-state index in [4.69, 9.17) is 4.42 Å². The van der Waals surface area contributed by atoms with Crippen LogP contribution in [0.1, 0.15) is 42.6 Å². The third-order valence-corrected chi connectivity index (χ3v) is 5.26. The Morgan fingerprint density at radius 2 is 1.78 bits per heavy atom. The van der Waals surface area contributed by atoms with E-state index in [1.165, 1.54) is 10.9 Å². The number of furan rings is 1. The molecule has 7 heteroatoms. The lowest BCUT2D eigenvalue weighted by Gasteiger charge is -2.14. The molecule has 0 atom stereocenters. The van der Waals surface area contributed by atoms with E-state index >= 15 is 0 Å². The third-order valence-electron chi connectivity index (χ3n) is 5.26. The summed E-state index contributed by atoms with van der Waals surface area (Å²) in [6.07, 6.45) is 1.51. The van der Waals surface area contributed by atoms with Crippen LogP contribution < -0.4 is 16.2 Å². The number of carbonyl (C=O) groups is 1. The first-order valence-electron chi connectivity index (χ1n) is 10.4. The second kappa shape index (κ2) is 8.00. The third kappa shape index (κ3) is 4.27.